The molecule has 1 saturated heterocycles. The molecule has 0 saturated carbocycles. The molecule has 0 radical (unpaired) electrons. The predicted octanol–water partition coefficient (Wildman–Crippen LogP) is 4.12. The molecule has 2 aromatic rings. The minimum atomic E-state index is 0.510. The Morgan fingerprint density at radius 2 is 2.29 bits per heavy atom. The summed E-state index contributed by atoms with van der Waals surface area (Å²) in [4.78, 5) is 4.49. The molecule has 2 heterocycles. The molecular weight excluding hydrogens is 296 g/mol. The van der Waals surface area contributed by atoms with E-state index in [4.69, 9.17) is 0 Å². The Hall–Kier alpha value is -0.450. The van der Waals surface area contributed by atoms with E-state index in [-0.39, 0.29) is 0 Å². The first-order valence-electron chi connectivity index (χ1n) is 6.02. The van der Waals surface area contributed by atoms with Gasteiger partial charge in [-0.25, -0.2) is 4.98 Å². The number of rotatable bonds is 1. The Bertz CT molecular complexity index is 529. The number of hydrogen-bond donors (Lipinski definition) is 1. The number of fused-ring (bicyclic) bond motifs is 1. The maximum atomic E-state index is 4.49. The van der Waals surface area contributed by atoms with Crippen molar-refractivity contribution in [1.82, 2.24) is 10.3 Å². The van der Waals surface area contributed by atoms with Gasteiger partial charge in [0.05, 0.1) is 10.2 Å². The normalized spacial score (nSPS) is 25.3. The number of thiazole rings is 1. The summed E-state index contributed by atoms with van der Waals surface area (Å²) < 4.78 is 2.22. The zero-order chi connectivity index (χ0) is 11.8. The van der Waals surface area contributed by atoms with E-state index in [0.29, 0.717) is 6.04 Å². The van der Waals surface area contributed by atoms with Crippen LogP contribution >= 0.6 is 27.3 Å². The Morgan fingerprint density at radius 3 is 3.06 bits per heavy atom. The SMILES string of the molecule is C[C@H]1CC[C@H](c2ccc3sc(Br)nc3c2)NC1. The second-order valence-electron chi connectivity index (χ2n) is 4.84. The molecule has 1 aliphatic rings. The number of halogens is 1. The van der Waals surface area contributed by atoms with Crippen LogP contribution in [0.25, 0.3) is 10.2 Å². The second kappa shape index (κ2) is 4.67. The van der Waals surface area contributed by atoms with Crippen LogP contribution < -0.4 is 5.32 Å². The lowest BCUT2D eigenvalue weighted by molar-refractivity contribution is 0.333. The van der Waals surface area contributed by atoms with Gasteiger partial charge in [0.25, 0.3) is 0 Å². The molecule has 0 spiro atoms. The highest BCUT2D eigenvalue weighted by atomic mass is 79.9. The fourth-order valence-electron chi connectivity index (χ4n) is 2.42. The Balaban J connectivity index is 1.89. The van der Waals surface area contributed by atoms with Crippen LogP contribution in [0, 0.1) is 5.92 Å². The summed E-state index contributed by atoms with van der Waals surface area (Å²) in [6.07, 6.45) is 2.55. The van der Waals surface area contributed by atoms with E-state index < -0.39 is 0 Å². The minimum Gasteiger partial charge on any atom is -0.310 e. The molecule has 0 bridgehead atoms. The number of hydrogen-bond acceptors (Lipinski definition) is 3. The summed E-state index contributed by atoms with van der Waals surface area (Å²) in [5.41, 5.74) is 2.49. The number of benzene rings is 1. The van der Waals surface area contributed by atoms with Crippen LogP contribution in [-0.4, -0.2) is 11.5 Å². The summed E-state index contributed by atoms with van der Waals surface area (Å²) in [6.45, 7) is 3.44. The highest BCUT2D eigenvalue weighted by Gasteiger charge is 2.19. The molecule has 1 aliphatic heterocycles. The highest BCUT2D eigenvalue weighted by molar-refractivity contribution is 9.11. The molecular formula is C13H15BrN2S. The molecule has 3 rings (SSSR count). The van der Waals surface area contributed by atoms with Crippen molar-refractivity contribution in [3.05, 3.63) is 27.7 Å². The minimum absolute atomic E-state index is 0.510. The average molecular weight is 311 g/mol. The van der Waals surface area contributed by atoms with Gasteiger partial charge in [-0.05, 0) is 58.9 Å². The van der Waals surface area contributed by atoms with E-state index in [2.05, 4.69) is 51.4 Å². The smallest absolute Gasteiger partial charge is 0.160 e. The first-order valence-corrected chi connectivity index (χ1v) is 7.62. The maximum Gasteiger partial charge on any atom is 0.160 e. The zero-order valence-corrected chi connectivity index (χ0v) is 12.1. The molecule has 2 atom stereocenters. The van der Waals surface area contributed by atoms with E-state index in [1.807, 2.05) is 0 Å². The zero-order valence-electron chi connectivity index (χ0n) is 9.74. The van der Waals surface area contributed by atoms with Gasteiger partial charge in [-0.15, -0.1) is 11.3 Å². The molecule has 1 fully saturated rings. The number of nitrogens with one attached hydrogen (secondary N) is 1. The van der Waals surface area contributed by atoms with Crippen molar-refractivity contribution in [2.45, 2.75) is 25.8 Å². The summed E-state index contributed by atoms with van der Waals surface area (Å²) in [7, 11) is 0. The molecule has 4 heteroatoms. The average Bonchev–Trinajstić information content (AvgIpc) is 2.69. The van der Waals surface area contributed by atoms with Crippen molar-refractivity contribution >= 4 is 37.5 Å². The van der Waals surface area contributed by atoms with E-state index >= 15 is 0 Å². The molecule has 90 valence electrons. The van der Waals surface area contributed by atoms with Crippen molar-refractivity contribution in [1.29, 1.82) is 0 Å². The van der Waals surface area contributed by atoms with Crippen molar-refractivity contribution in [3.63, 3.8) is 0 Å². The lowest BCUT2D eigenvalue weighted by Crippen LogP contribution is -2.31. The summed E-state index contributed by atoms with van der Waals surface area (Å²) in [5, 5.41) is 3.62. The first-order chi connectivity index (χ1) is 8.22. The molecule has 1 N–H and O–H groups in total. The monoisotopic (exact) mass is 310 g/mol. The number of nitrogens with zero attached hydrogens (tertiary/aromatic N) is 1. The van der Waals surface area contributed by atoms with Crippen LogP contribution in [-0.2, 0) is 0 Å². The summed E-state index contributed by atoms with van der Waals surface area (Å²) in [6, 6.07) is 7.16. The van der Waals surface area contributed by atoms with E-state index in [1.54, 1.807) is 11.3 Å². The van der Waals surface area contributed by atoms with Crippen LogP contribution in [0.3, 0.4) is 0 Å². The van der Waals surface area contributed by atoms with Gasteiger partial charge >= 0.3 is 0 Å². The third-order valence-corrected chi connectivity index (χ3v) is 4.94. The lowest BCUT2D eigenvalue weighted by atomic mass is 9.92. The van der Waals surface area contributed by atoms with Crippen LogP contribution in [0.4, 0.5) is 0 Å². The Morgan fingerprint density at radius 1 is 1.41 bits per heavy atom. The molecule has 1 aromatic heterocycles. The van der Waals surface area contributed by atoms with Crippen LogP contribution in [0.5, 0.6) is 0 Å². The molecule has 0 unspecified atom stereocenters. The summed E-state index contributed by atoms with van der Waals surface area (Å²) in [5.74, 6) is 0.809. The fourth-order valence-corrected chi connectivity index (χ4v) is 3.80. The topological polar surface area (TPSA) is 24.9 Å². The third-order valence-electron chi connectivity index (χ3n) is 3.45. The van der Waals surface area contributed by atoms with E-state index in [1.165, 1.54) is 23.1 Å². The fraction of sp³-hybridized carbons (Fsp3) is 0.462. The Kier molecular flexibility index (Phi) is 3.19. The molecule has 0 amide bonds. The van der Waals surface area contributed by atoms with Gasteiger partial charge in [-0.1, -0.05) is 13.0 Å². The molecule has 17 heavy (non-hydrogen) atoms. The number of piperidine rings is 1. The highest BCUT2D eigenvalue weighted by Crippen LogP contribution is 2.31. The van der Waals surface area contributed by atoms with Crippen molar-refractivity contribution < 1.29 is 0 Å². The van der Waals surface area contributed by atoms with Gasteiger partial charge in [0.15, 0.2) is 3.92 Å². The van der Waals surface area contributed by atoms with Gasteiger partial charge in [-0.2, -0.15) is 0 Å². The van der Waals surface area contributed by atoms with Crippen LogP contribution in [0.2, 0.25) is 0 Å². The maximum absolute atomic E-state index is 4.49. The van der Waals surface area contributed by atoms with Gasteiger partial charge in [-0.3, -0.25) is 0 Å². The third kappa shape index (κ3) is 2.39. The van der Waals surface area contributed by atoms with Gasteiger partial charge < -0.3 is 5.32 Å². The van der Waals surface area contributed by atoms with E-state index in [0.717, 1.165) is 21.9 Å². The van der Waals surface area contributed by atoms with Crippen molar-refractivity contribution in [2.75, 3.05) is 6.54 Å². The van der Waals surface area contributed by atoms with Crippen molar-refractivity contribution in [2.24, 2.45) is 5.92 Å². The Labute approximate surface area is 114 Å². The number of aromatic nitrogens is 1. The quantitative estimate of drug-likeness (QED) is 0.857. The van der Waals surface area contributed by atoms with Gasteiger partial charge in [0, 0.05) is 6.04 Å². The summed E-state index contributed by atoms with van der Waals surface area (Å²) >= 11 is 5.14. The first kappa shape index (κ1) is 11.6. The standard InChI is InChI=1S/C13H15BrN2S/c1-8-2-4-10(15-7-8)9-3-5-12-11(6-9)16-13(14)17-12/h3,5-6,8,10,15H,2,4,7H2,1H3/t8-,10+/m0/s1. The largest absolute Gasteiger partial charge is 0.310 e. The molecule has 2 nitrogen and oxygen atoms in total. The molecule has 1 aromatic carbocycles. The van der Waals surface area contributed by atoms with Crippen molar-refractivity contribution in [3.8, 4) is 0 Å². The molecule has 0 aliphatic carbocycles. The second-order valence-corrected chi connectivity index (χ2v) is 7.14. The predicted molar refractivity (Wildman–Crippen MR) is 76.5 cm³/mol. The van der Waals surface area contributed by atoms with Crippen LogP contribution in [0.15, 0.2) is 22.1 Å². The van der Waals surface area contributed by atoms with E-state index in [9.17, 15) is 0 Å². The van der Waals surface area contributed by atoms with Gasteiger partial charge in [0.2, 0.25) is 0 Å². The lowest BCUT2D eigenvalue weighted by Gasteiger charge is -2.28. The van der Waals surface area contributed by atoms with Gasteiger partial charge in [0.1, 0.15) is 0 Å². The van der Waals surface area contributed by atoms with Crippen LogP contribution in [0.1, 0.15) is 31.4 Å².